The zero-order valence-corrected chi connectivity index (χ0v) is 10.3. The minimum Gasteiger partial charge on any atom is -0.389 e. The highest BCUT2D eigenvalue weighted by Gasteiger charge is 2.46. The van der Waals surface area contributed by atoms with E-state index in [1.807, 2.05) is 13.8 Å². The summed E-state index contributed by atoms with van der Waals surface area (Å²) in [6.07, 6.45) is 4.33. The quantitative estimate of drug-likeness (QED) is 0.700. The van der Waals surface area contributed by atoms with Crippen LogP contribution in [0.2, 0.25) is 0 Å². The highest BCUT2D eigenvalue weighted by Crippen LogP contribution is 2.44. The monoisotopic (exact) mass is 224 g/mol. The minimum absolute atomic E-state index is 0.0395. The topological polar surface area (TPSA) is 57.5 Å². The summed E-state index contributed by atoms with van der Waals surface area (Å²) in [5.41, 5.74) is -1.07. The van der Waals surface area contributed by atoms with Crippen LogP contribution in [0.4, 0.5) is 0 Å². The molecular formula is C13H20O3. The standard InChI is InChI=1S/C13H20O3/c1-9-7-11(15)8-12(3,4)13(9,16)6-5-10(2)14/h5-7,10,14,16H,8H2,1-4H3/b6-5+/t10-,13-/m0/s1. The van der Waals surface area contributed by atoms with Gasteiger partial charge in [-0.05, 0) is 31.6 Å². The van der Waals surface area contributed by atoms with Gasteiger partial charge in [0.2, 0.25) is 0 Å². The van der Waals surface area contributed by atoms with Crippen molar-refractivity contribution in [1.82, 2.24) is 0 Å². The fraction of sp³-hybridized carbons (Fsp3) is 0.615. The molecule has 1 rings (SSSR count). The molecule has 1 aliphatic rings. The molecule has 0 heterocycles. The second-order valence-corrected chi connectivity index (χ2v) is 5.22. The Morgan fingerprint density at radius 1 is 1.50 bits per heavy atom. The van der Waals surface area contributed by atoms with E-state index in [1.165, 1.54) is 6.08 Å². The molecule has 0 aromatic carbocycles. The first-order valence-corrected chi connectivity index (χ1v) is 5.50. The lowest BCUT2D eigenvalue weighted by atomic mass is 9.64. The Morgan fingerprint density at radius 2 is 2.06 bits per heavy atom. The summed E-state index contributed by atoms with van der Waals surface area (Å²) in [4.78, 5) is 11.5. The summed E-state index contributed by atoms with van der Waals surface area (Å²) in [7, 11) is 0. The first-order chi connectivity index (χ1) is 7.19. The molecule has 3 nitrogen and oxygen atoms in total. The number of aliphatic hydroxyl groups is 2. The predicted octanol–water partition coefficient (Wildman–Crippen LogP) is 1.60. The smallest absolute Gasteiger partial charge is 0.156 e. The normalized spacial score (nSPS) is 31.6. The van der Waals surface area contributed by atoms with Crippen LogP contribution in [-0.2, 0) is 4.79 Å². The summed E-state index contributed by atoms with van der Waals surface area (Å²) in [5.74, 6) is 0.0395. The molecule has 90 valence electrons. The fourth-order valence-electron chi connectivity index (χ4n) is 2.14. The maximum absolute atomic E-state index is 11.5. The number of ketones is 1. The van der Waals surface area contributed by atoms with Crippen molar-refractivity contribution in [2.75, 3.05) is 0 Å². The molecule has 3 heteroatoms. The molecule has 0 aromatic heterocycles. The third kappa shape index (κ3) is 2.25. The van der Waals surface area contributed by atoms with Gasteiger partial charge in [0.15, 0.2) is 5.78 Å². The van der Waals surface area contributed by atoms with Crippen molar-refractivity contribution >= 4 is 5.78 Å². The van der Waals surface area contributed by atoms with Crippen molar-refractivity contribution in [2.24, 2.45) is 5.41 Å². The molecule has 0 aromatic rings. The molecule has 0 radical (unpaired) electrons. The van der Waals surface area contributed by atoms with Gasteiger partial charge >= 0.3 is 0 Å². The Labute approximate surface area is 96.5 Å². The van der Waals surface area contributed by atoms with E-state index in [-0.39, 0.29) is 5.78 Å². The van der Waals surface area contributed by atoms with E-state index in [9.17, 15) is 15.0 Å². The first-order valence-electron chi connectivity index (χ1n) is 5.50. The van der Waals surface area contributed by atoms with Gasteiger partial charge in [0, 0.05) is 11.8 Å². The van der Waals surface area contributed by atoms with Crippen molar-refractivity contribution in [2.45, 2.75) is 45.8 Å². The van der Waals surface area contributed by atoms with Crippen molar-refractivity contribution < 1.29 is 15.0 Å². The molecule has 0 saturated carbocycles. The van der Waals surface area contributed by atoms with Crippen molar-refractivity contribution in [3.8, 4) is 0 Å². The lowest BCUT2D eigenvalue weighted by molar-refractivity contribution is -0.121. The van der Waals surface area contributed by atoms with Gasteiger partial charge in [-0.15, -0.1) is 0 Å². The number of aliphatic hydroxyl groups excluding tert-OH is 1. The van der Waals surface area contributed by atoms with Crippen LogP contribution in [0.5, 0.6) is 0 Å². The molecule has 0 aliphatic heterocycles. The van der Waals surface area contributed by atoms with E-state index in [1.54, 1.807) is 26.0 Å². The SMILES string of the molecule is CC1=CC(=O)CC(C)(C)[C@]1(O)/C=C/[C@H](C)O. The van der Waals surface area contributed by atoms with Crippen LogP contribution in [0.1, 0.15) is 34.1 Å². The van der Waals surface area contributed by atoms with E-state index >= 15 is 0 Å². The Hall–Kier alpha value is -0.930. The summed E-state index contributed by atoms with van der Waals surface area (Å²) in [5, 5.41) is 19.8. The first kappa shape index (κ1) is 13.1. The van der Waals surface area contributed by atoms with Crippen LogP contribution in [0.25, 0.3) is 0 Å². The maximum Gasteiger partial charge on any atom is 0.156 e. The molecule has 0 spiro atoms. The average molecular weight is 224 g/mol. The number of allylic oxidation sites excluding steroid dienone is 1. The summed E-state index contributed by atoms with van der Waals surface area (Å²) in [6.45, 7) is 7.08. The second-order valence-electron chi connectivity index (χ2n) is 5.22. The van der Waals surface area contributed by atoms with E-state index in [0.29, 0.717) is 12.0 Å². The van der Waals surface area contributed by atoms with Gasteiger partial charge in [0.1, 0.15) is 5.60 Å². The molecule has 2 atom stereocenters. The molecule has 0 fully saturated rings. The molecule has 1 aliphatic carbocycles. The van der Waals surface area contributed by atoms with Crippen LogP contribution in [-0.4, -0.2) is 27.7 Å². The fourth-order valence-corrected chi connectivity index (χ4v) is 2.14. The second kappa shape index (κ2) is 4.15. The van der Waals surface area contributed by atoms with Gasteiger partial charge in [-0.25, -0.2) is 0 Å². The molecule has 16 heavy (non-hydrogen) atoms. The Kier molecular flexibility index (Phi) is 3.41. The van der Waals surface area contributed by atoms with Crippen LogP contribution < -0.4 is 0 Å². The molecule has 2 N–H and O–H groups in total. The summed E-state index contributed by atoms with van der Waals surface area (Å²) in [6, 6.07) is 0. The largest absolute Gasteiger partial charge is 0.389 e. The van der Waals surface area contributed by atoms with E-state index < -0.39 is 17.1 Å². The van der Waals surface area contributed by atoms with Gasteiger partial charge in [-0.3, -0.25) is 4.79 Å². The zero-order chi connectivity index (χ0) is 12.6. The Bertz CT molecular complexity index is 350. The summed E-state index contributed by atoms with van der Waals surface area (Å²) >= 11 is 0. The number of carbonyl (C=O) groups excluding carboxylic acids is 1. The van der Waals surface area contributed by atoms with Crippen molar-refractivity contribution in [3.05, 3.63) is 23.8 Å². The predicted molar refractivity (Wildman–Crippen MR) is 62.9 cm³/mol. The van der Waals surface area contributed by atoms with E-state index in [2.05, 4.69) is 0 Å². The van der Waals surface area contributed by atoms with Gasteiger partial charge in [-0.2, -0.15) is 0 Å². The zero-order valence-electron chi connectivity index (χ0n) is 10.3. The molecule has 0 saturated heterocycles. The van der Waals surface area contributed by atoms with Crippen LogP contribution in [0.3, 0.4) is 0 Å². The van der Waals surface area contributed by atoms with Gasteiger partial charge in [-0.1, -0.05) is 19.9 Å². The van der Waals surface area contributed by atoms with Crippen molar-refractivity contribution in [3.63, 3.8) is 0 Å². The van der Waals surface area contributed by atoms with Crippen molar-refractivity contribution in [1.29, 1.82) is 0 Å². The number of rotatable bonds is 2. The average Bonchev–Trinajstić information content (AvgIpc) is 2.10. The van der Waals surface area contributed by atoms with Crippen LogP contribution in [0, 0.1) is 5.41 Å². The highest BCUT2D eigenvalue weighted by molar-refractivity contribution is 5.92. The molecule has 0 bridgehead atoms. The maximum atomic E-state index is 11.5. The van der Waals surface area contributed by atoms with Crippen LogP contribution in [0.15, 0.2) is 23.8 Å². The van der Waals surface area contributed by atoms with Gasteiger partial charge in [0.25, 0.3) is 0 Å². The third-order valence-electron chi connectivity index (χ3n) is 3.24. The lowest BCUT2D eigenvalue weighted by Gasteiger charge is -2.44. The highest BCUT2D eigenvalue weighted by atomic mass is 16.3. The van der Waals surface area contributed by atoms with Crippen LogP contribution >= 0.6 is 0 Å². The summed E-state index contributed by atoms with van der Waals surface area (Å²) < 4.78 is 0. The molecule has 0 unspecified atom stereocenters. The number of carbonyl (C=O) groups is 1. The van der Waals surface area contributed by atoms with Gasteiger partial charge in [0.05, 0.1) is 6.10 Å². The Balaban J connectivity index is 3.16. The Morgan fingerprint density at radius 3 is 2.50 bits per heavy atom. The molecular weight excluding hydrogens is 204 g/mol. The van der Waals surface area contributed by atoms with E-state index in [0.717, 1.165) is 0 Å². The number of hydrogen-bond acceptors (Lipinski definition) is 3. The van der Waals surface area contributed by atoms with Gasteiger partial charge < -0.3 is 10.2 Å². The lowest BCUT2D eigenvalue weighted by Crippen LogP contribution is -2.48. The molecule has 0 amide bonds. The van der Waals surface area contributed by atoms with E-state index in [4.69, 9.17) is 0 Å². The third-order valence-corrected chi connectivity index (χ3v) is 3.24. The number of hydrogen-bond donors (Lipinski definition) is 2. The minimum atomic E-state index is -1.15.